The largest absolute Gasteiger partial charge is 0.480 e. The third-order valence-corrected chi connectivity index (χ3v) is 2.04. The van der Waals surface area contributed by atoms with E-state index in [-0.39, 0.29) is 6.54 Å². The predicted molar refractivity (Wildman–Crippen MR) is 69.9 cm³/mol. The number of ether oxygens (including phenoxy) is 1. The molecule has 0 radical (unpaired) electrons. The number of carboxylic acids is 1. The van der Waals surface area contributed by atoms with Gasteiger partial charge in [-0.15, -0.1) is 0 Å². The highest BCUT2D eigenvalue weighted by atomic mass is 16.5. The second-order valence-electron chi connectivity index (χ2n) is 5.03. The van der Waals surface area contributed by atoms with Crippen LogP contribution in [0.5, 0.6) is 5.88 Å². The first kappa shape index (κ1) is 14.1. The Bertz CT molecular complexity index is 441. The van der Waals surface area contributed by atoms with Crippen LogP contribution in [0, 0.1) is 0 Å². The minimum Gasteiger partial charge on any atom is -0.480 e. The van der Waals surface area contributed by atoms with E-state index in [0.717, 1.165) is 0 Å². The number of aliphatic carboxylic acids is 1. The van der Waals surface area contributed by atoms with Crippen molar-refractivity contribution < 1.29 is 14.6 Å². The molecule has 0 atom stereocenters. The third kappa shape index (κ3) is 4.12. The van der Waals surface area contributed by atoms with Gasteiger partial charge in [0.15, 0.2) is 0 Å². The Kier molecular flexibility index (Phi) is 4.00. The number of likely N-dealkylation sites (N-methyl/N-ethyl adjacent to an activating group) is 1. The average molecular weight is 253 g/mol. The fraction of sp³-hybridized carbons (Fsp3) is 0.500. The molecule has 0 saturated carbocycles. The zero-order chi connectivity index (χ0) is 13.9. The molecular weight excluding hydrogens is 234 g/mol. The minimum atomic E-state index is -0.922. The average Bonchev–Trinajstić information content (AvgIpc) is 2.18. The van der Waals surface area contributed by atoms with Crippen LogP contribution in [0.1, 0.15) is 20.8 Å². The molecule has 0 saturated heterocycles. The molecule has 0 aliphatic heterocycles. The van der Waals surface area contributed by atoms with E-state index in [4.69, 9.17) is 15.6 Å². The Morgan fingerprint density at radius 1 is 1.50 bits per heavy atom. The lowest BCUT2D eigenvalue weighted by Crippen LogP contribution is -2.27. The summed E-state index contributed by atoms with van der Waals surface area (Å²) in [6, 6.07) is 3.32. The van der Waals surface area contributed by atoms with E-state index in [1.165, 1.54) is 4.90 Å². The van der Waals surface area contributed by atoms with Gasteiger partial charge in [-0.25, -0.2) is 0 Å². The Balaban J connectivity index is 2.96. The van der Waals surface area contributed by atoms with Crippen LogP contribution < -0.4 is 15.4 Å². The summed E-state index contributed by atoms with van der Waals surface area (Å²) in [5, 5.41) is 8.73. The SMILES string of the molecule is CN(CC(=O)O)c1ccc(N)c(OC(C)(C)C)n1. The van der Waals surface area contributed by atoms with Crippen LogP contribution in [0.25, 0.3) is 0 Å². The van der Waals surface area contributed by atoms with Crippen molar-refractivity contribution in [3.05, 3.63) is 12.1 Å². The molecule has 0 aliphatic rings. The molecule has 3 N–H and O–H groups in total. The van der Waals surface area contributed by atoms with Gasteiger partial charge in [-0.05, 0) is 32.9 Å². The van der Waals surface area contributed by atoms with Gasteiger partial charge in [0.25, 0.3) is 0 Å². The number of aromatic nitrogens is 1. The molecule has 0 unspecified atom stereocenters. The first-order valence-corrected chi connectivity index (χ1v) is 5.57. The number of rotatable bonds is 4. The summed E-state index contributed by atoms with van der Waals surface area (Å²) in [4.78, 5) is 16.4. The molecule has 0 aromatic carbocycles. The number of hydrogen-bond donors (Lipinski definition) is 2. The number of carboxylic acid groups (broad SMARTS) is 1. The monoisotopic (exact) mass is 253 g/mol. The zero-order valence-electron chi connectivity index (χ0n) is 11.1. The van der Waals surface area contributed by atoms with E-state index in [1.54, 1.807) is 19.2 Å². The van der Waals surface area contributed by atoms with Gasteiger partial charge in [0.2, 0.25) is 5.88 Å². The van der Waals surface area contributed by atoms with Crippen molar-refractivity contribution in [3.8, 4) is 5.88 Å². The number of nitrogen functional groups attached to an aromatic ring is 1. The van der Waals surface area contributed by atoms with Crippen molar-refractivity contribution in [2.75, 3.05) is 24.2 Å². The van der Waals surface area contributed by atoms with Crippen molar-refractivity contribution in [2.45, 2.75) is 26.4 Å². The molecule has 1 rings (SSSR count). The smallest absolute Gasteiger partial charge is 0.323 e. The maximum absolute atomic E-state index is 10.6. The molecule has 100 valence electrons. The van der Waals surface area contributed by atoms with Crippen molar-refractivity contribution in [1.82, 2.24) is 4.98 Å². The van der Waals surface area contributed by atoms with Crippen LogP contribution in [-0.2, 0) is 4.79 Å². The molecule has 18 heavy (non-hydrogen) atoms. The van der Waals surface area contributed by atoms with E-state index in [1.807, 2.05) is 20.8 Å². The molecule has 0 aliphatic carbocycles. The maximum Gasteiger partial charge on any atom is 0.323 e. The molecule has 1 aromatic rings. The fourth-order valence-electron chi connectivity index (χ4n) is 1.31. The molecular formula is C12H19N3O3. The lowest BCUT2D eigenvalue weighted by molar-refractivity contribution is -0.135. The third-order valence-electron chi connectivity index (χ3n) is 2.04. The van der Waals surface area contributed by atoms with Crippen LogP contribution in [0.3, 0.4) is 0 Å². The standard InChI is InChI=1S/C12H19N3O3/c1-12(2,3)18-11-8(13)5-6-9(14-11)15(4)7-10(16)17/h5-6H,7,13H2,1-4H3,(H,16,17). The fourth-order valence-corrected chi connectivity index (χ4v) is 1.31. The van der Waals surface area contributed by atoms with Crippen LogP contribution in [0.4, 0.5) is 11.5 Å². The highest BCUT2D eigenvalue weighted by molar-refractivity contribution is 5.73. The van der Waals surface area contributed by atoms with E-state index in [9.17, 15) is 4.79 Å². The maximum atomic E-state index is 10.6. The molecule has 0 fully saturated rings. The summed E-state index contributed by atoms with van der Waals surface area (Å²) in [5.41, 5.74) is 5.79. The topological polar surface area (TPSA) is 88.7 Å². The predicted octanol–water partition coefficient (Wildman–Crippen LogP) is 1.36. The molecule has 6 heteroatoms. The van der Waals surface area contributed by atoms with Gasteiger partial charge < -0.3 is 20.5 Å². The van der Waals surface area contributed by atoms with Gasteiger partial charge in [0, 0.05) is 7.05 Å². The van der Waals surface area contributed by atoms with Crippen LogP contribution in [-0.4, -0.2) is 35.3 Å². The van der Waals surface area contributed by atoms with Crippen molar-refractivity contribution >= 4 is 17.5 Å². The van der Waals surface area contributed by atoms with Gasteiger partial charge >= 0.3 is 5.97 Å². The number of nitrogens with zero attached hydrogens (tertiary/aromatic N) is 2. The Hall–Kier alpha value is -1.98. The summed E-state index contributed by atoms with van der Waals surface area (Å²) in [6.07, 6.45) is 0. The first-order valence-electron chi connectivity index (χ1n) is 5.57. The zero-order valence-corrected chi connectivity index (χ0v) is 11.1. The Morgan fingerprint density at radius 3 is 2.61 bits per heavy atom. The lowest BCUT2D eigenvalue weighted by atomic mass is 10.2. The Labute approximate surface area is 106 Å². The Morgan fingerprint density at radius 2 is 2.11 bits per heavy atom. The second kappa shape index (κ2) is 5.12. The van der Waals surface area contributed by atoms with Crippen molar-refractivity contribution in [1.29, 1.82) is 0 Å². The molecule has 0 bridgehead atoms. The van der Waals surface area contributed by atoms with E-state index in [0.29, 0.717) is 17.4 Å². The first-order chi connectivity index (χ1) is 8.19. The normalized spacial score (nSPS) is 11.1. The number of carbonyl (C=O) groups is 1. The van der Waals surface area contributed by atoms with Gasteiger partial charge in [0.1, 0.15) is 18.0 Å². The van der Waals surface area contributed by atoms with Crippen molar-refractivity contribution in [2.24, 2.45) is 0 Å². The molecule has 0 spiro atoms. The summed E-state index contributed by atoms with van der Waals surface area (Å²) in [6.45, 7) is 5.54. The quantitative estimate of drug-likeness (QED) is 0.842. The van der Waals surface area contributed by atoms with E-state index < -0.39 is 11.6 Å². The minimum absolute atomic E-state index is 0.133. The lowest BCUT2D eigenvalue weighted by Gasteiger charge is -2.23. The second-order valence-corrected chi connectivity index (χ2v) is 5.03. The molecule has 6 nitrogen and oxygen atoms in total. The summed E-state index contributed by atoms with van der Waals surface area (Å²) < 4.78 is 5.62. The van der Waals surface area contributed by atoms with Crippen molar-refractivity contribution in [3.63, 3.8) is 0 Å². The summed E-state index contributed by atoms with van der Waals surface area (Å²) in [5.74, 6) is -0.0995. The van der Waals surface area contributed by atoms with Gasteiger partial charge in [-0.1, -0.05) is 0 Å². The van der Waals surface area contributed by atoms with Crippen LogP contribution in [0.2, 0.25) is 0 Å². The van der Waals surface area contributed by atoms with Crippen LogP contribution >= 0.6 is 0 Å². The number of anilines is 2. The highest BCUT2D eigenvalue weighted by Gasteiger charge is 2.16. The van der Waals surface area contributed by atoms with E-state index >= 15 is 0 Å². The summed E-state index contributed by atoms with van der Waals surface area (Å²) in [7, 11) is 1.65. The van der Waals surface area contributed by atoms with Crippen LogP contribution in [0.15, 0.2) is 12.1 Å². The number of hydrogen-bond acceptors (Lipinski definition) is 5. The summed E-state index contributed by atoms with van der Waals surface area (Å²) >= 11 is 0. The molecule has 1 aromatic heterocycles. The van der Waals surface area contributed by atoms with Gasteiger partial charge in [-0.3, -0.25) is 4.79 Å². The number of pyridine rings is 1. The molecule has 0 amide bonds. The number of nitrogens with two attached hydrogens (primary N) is 1. The van der Waals surface area contributed by atoms with Gasteiger partial charge in [-0.2, -0.15) is 4.98 Å². The molecule has 1 heterocycles. The highest BCUT2D eigenvalue weighted by Crippen LogP contribution is 2.25. The van der Waals surface area contributed by atoms with Gasteiger partial charge in [0.05, 0.1) is 5.69 Å². The van der Waals surface area contributed by atoms with E-state index in [2.05, 4.69) is 4.98 Å².